The first kappa shape index (κ1) is 10.6. The predicted octanol–water partition coefficient (Wildman–Crippen LogP) is 2.55. The Balaban J connectivity index is 0.000000561. The Bertz CT molecular complexity index is 237. The summed E-state index contributed by atoms with van der Waals surface area (Å²) < 4.78 is 0. The van der Waals surface area contributed by atoms with Gasteiger partial charge in [-0.1, -0.05) is 44.2 Å². The fraction of sp³-hybridized carbons (Fsp3) is 0.300. The van der Waals surface area contributed by atoms with Crippen molar-refractivity contribution in [2.75, 3.05) is 0 Å². The minimum atomic E-state index is 0.435. The third kappa shape index (κ3) is 4.42. The molecule has 0 aliphatic heterocycles. The summed E-state index contributed by atoms with van der Waals surface area (Å²) in [6, 6.07) is 9.58. The predicted molar refractivity (Wildman–Crippen MR) is 49.6 cm³/mol. The van der Waals surface area contributed by atoms with Crippen molar-refractivity contribution in [3.05, 3.63) is 35.9 Å². The van der Waals surface area contributed by atoms with Gasteiger partial charge in [0.2, 0.25) is 6.08 Å². The Hall–Kier alpha value is -1.40. The second-order valence-corrected chi connectivity index (χ2v) is 1.89. The van der Waals surface area contributed by atoms with Crippen LogP contribution in [0.5, 0.6) is 0 Å². The fourth-order valence-electron chi connectivity index (χ4n) is 0.707. The van der Waals surface area contributed by atoms with Crippen molar-refractivity contribution in [1.82, 2.24) is 0 Å². The van der Waals surface area contributed by atoms with Gasteiger partial charge in [-0.2, -0.15) is 0 Å². The van der Waals surface area contributed by atoms with Crippen molar-refractivity contribution in [1.29, 1.82) is 0 Å². The van der Waals surface area contributed by atoms with Gasteiger partial charge in [0, 0.05) is 0 Å². The lowest BCUT2D eigenvalue weighted by Gasteiger charge is -1.89. The van der Waals surface area contributed by atoms with E-state index in [1.165, 1.54) is 6.08 Å². The lowest BCUT2D eigenvalue weighted by Crippen LogP contribution is -1.77. The lowest BCUT2D eigenvalue weighted by atomic mass is 10.2. The van der Waals surface area contributed by atoms with E-state index in [1.54, 1.807) is 0 Å². The van der Waals surface area contributed by atoms with Crippen molar-refractivity contribution < 1.29 is 4.79 Å². The minimum absolute atomic E-state index is 0.435. The van der Waals surface area contributed by atoms with Gasteiger partial charge in [-0.3, -0.25) is 0 Å². The summed E-state index contributed by atoms with van der Waals surface area (Å²) in [4.78, 5) is 13.1. The summed E-state index contributed by atoms with van der Waals surface area (Å²) in [5, 5.41) is 0. The van der Waals surface area contributed by atoms with Crippen molar-refractivity contribution in [2.45, 2.75) is 20.4 Å². The summed E-state index contributed by atoms with van der Waals surface area (Å²) in [5.74, 6) is 0. The van der Waals surface area contributed by atoms with Gasteiger partial charge in [0.1, 0.15) is 0 Å². The molecule has 0 radical (unpaired) electrons. The van der Waals surface area contributed by atoms with E-state index in [0.29, 0.717) is 6.54 Å². The van der Waals surface area contributed by atoms with E-state index in [9.17, 15) is 4.79 Å². The molecule has 0 atom stereocenters. The molecular formula is C10H13NO. The van der Waals surface area contributed by atoms with Crippen LogP contribution < -0.4 is 0 Å². The van der Waals surface area contributed by atoms with Gasteiger partial charge >= 0.3 is 0 Å². The van der Waals surface area contributed by atoms with Crippen LogP contribution in [0, 0.1) is 0 Å². The maximum Gasteiger partial charge on any atom is 0.235 e. The highest BCUT2D eigenvalue weighted by atomic mass is 16.1. The molecule has 2 heteroatoms. The summed E-state index contributed by atoms with van der Waals surface area (Å²) in [6.07, 6.45) is 1.49. The number of nitrogens with zero attached hydrogens (tertiary/aromatic N) is 1. The van der Waals surface area contributed by atoms with Crippen molar-refractivity contribution in [2.24, 2.45) is 4.99 Å². The highest BCUT2D eigenvalue weighted by molar-refractivity contribution is 5.33. The first-order valence-electron chi connectivity index (χ1n) is 4.01. The molecule has 64 valence electrons. The third-order valence-corrected chi connectivity index (χ3v) is 1.17. The number of rotatable bonds is 2. The molecule has 0 amide bonds. The number of carbonyl (C=O) groups excluding carboxylic acids is 1. The van der Waals surface area contributed by atoms with Gasteiger partial charge in [-0.25, -0.2) is 9.79 Å². The maximum atomic E-state index is 9.69. The van der Waals surface area contributed by atoms with E-state index in [1.807, 2.05) is 44.2 Å². The van der Waals surface area contributed by atoms with E-state index in [0.717, 1.165) is 5.56 Å². The van der Waals surface area contributed by atoms with Gasteiger partial charge in [-0.05, 0) is 5.56 Å². The molecule has 0 saturated carbocycles. The van der Waals surface area contributed by atoms with Gasteiger partial charge < -0.3 is 0 Å². The zero-order valence-corrected chi connectivity index (χ0v) is 7.45. The number of isocyanates is 1. The molecule has 1 rings (SSSR count). The van der Waals surface area contributed by atoms with Crippen LogP contribution in [-0.4, -0.2) is 6.08 Å². The Labute approximate surface area is 73.0 Å². The number of hydrogen-bond donors (Lipinski definition) is 0. The zero-order valence-electron chi connectivity index (χ0n) is 7.45. The molecule has 1 aromatic rings. The van der Waals surface area contributed by atoms with E-state index in [4.69, 9.17) is 0 Å². The highest BCUT2D eigenvalue weighted by Crippen LogP contribution is 1.98. The molecule has 0 unspecified atom stereocenters. The average molecular weight is 163 g/mol. The van der Waals surface area contributed by atoms with Crippen molar-refractivity contribution in [3.8, 4) is 0 Å². The molecule has 1 aromatic carbocycles. The van der Waals surface area contributed by atoms with Crippen molar-refractivity contribution in [3.63, 3.8) is 0 Å². The highest BCUT2D eigenvalue weighted by Gasteiger charge is 1.84. The Morgan fingerprint density at radius 3 is 2.33 bits per heavy atom. The SMILES string of the molecule is CC.O=C=NCc1ccccc1. The van der Waals surface area contributed by atoms with E-state index in [-0.39, 0.29) is 0 Å². The zero-order chi connectivity index (χ0) is 9.23. The van der Waals surface area contributed by atoms with Crippen LogP contribution in [0.2, 0.25) is 0 Å². The Morgan fingerprint density at radius 2 is 1.83 bits per heavy atom. The second-order valence-electron chi connectivity index (χ2n) is 1.89. The van der Waals surface area contributed by atoms with Crippen LogP contribution >= 0.6 is 0 Å². The molecule has 12 heavy (non-hydrogen) atoms. The first-order chi connectivity index (χ1) is 5.93. The molecule has 0 aromatic heterocycles. The number of hydrogen-bond acceptors (Lipinski definition) is 2. The monoisotopic (exact) mass is 163 g/mol. The molecule has 0 saturated heterocycles. The molecule has 0 fully saturated rings. The van der Waals surface area contributed by atoms with Gasteiger partial charge in [0.05, 0.1) is 6.54 Å². The molecular weight excluding hydrogens is 150 g/mol. The quantitative estimate of drug-likeness (QED) is 0.486. The first-order valence-corrected chi connectivity index (χ1v) is 4.01. The van der Waals surface area contributed by atoms with Gasteiger partial charge in [-0.15, -0.1) is 0 Å². The Morgan fingerprint density at radius 1 is 1.25 bits per heavy atom. The average Bonchev–Trinajstić information content (AvgIpc) is 2.19. The third-order valence-electron chi connectivity index (χ3n) is 1.17. The maximum absolute atomic E-state index is 9.69. The molecule has 0 heterocycles. The Kier molecular flexibility index (Phi) is 6.81. The van der Waals surface area contributed by atoms with Crippen molar-refractivity contribution >= 4 is 6.08 Å². The smallest absolute Gasteiger partial charge is 0.211 e. The van der Waals surface area contributed by atoms with Crippen LogP contribution in [0.1, 0.15) is 19.4 Å². The number of benzene rings is 1. The van der Waals surface area contributed by atoms with Crippen LogP contribution in [0.3, 0.4) is 0 Å². The van der Waals surface area contributed by atoms with Crippen LogP contribution in [-0.2, 0) is 11.3 Å². The van der Waals surface area contributed by atoms with Crippen LogP contribution in [0.25, 0.3) is 0 Å². The van der Waals surface area contributed by atoms with E-state index < -0.39 is 0 Å². The topological polar surface area (TPSA) is 29.4 Å². The second kappa shape index (κ2) is 7.70. The summed E-state index contributed by atoms with van der Waals surface area (Å²) in [7, 11) is 0. The molecule has 0 aliphatic carbocycles. The standard InChI is InChI=1S/C8H7NO.C2H6/c10-7-9-6-8-4-2-1-3-5-8;1-2/h1-5H,6H2;1-2H3. The minimum Gasteiger partial charge on any atom is -0.211 e. The normalized spacial score (nSPS) is 7.50. The molecule has 0 N–H and O–H groups in total. The summed E-state index contributed by atoms with van der Waals surface area (Å²) in [6.45, 7) is 4.43. The summed E-state index contributed by atoms with van der Waals surface area (Å²) in [5.41, 5.74) is 1.03. The largest absolute Gasteiger partial charge is 0.235 e. The lowest BCUT2D eigenvalue weighted by molar-refractivity contribution is 0.563. The molecule has 2 nitrogen and oxygen atoms in total. The molecule has 0 spiro atoms. The van der Waals surface area contributed by atoms with E-state index >= 15 is 0 Å². The van der Waals surface area contributed by atoms with Gasteiger partial charge in [0.25, 0.3) is 0 Å². The van der Waals surface area contributed by atoms with Crippen LogP contribution in [0.15, 0.2) is 35.3 Å². The fourth-order valence-corrected chi connectivity index (χ4v) is 0.707. The summed E-state index contributed by atoms with van der Waals surface area (Å²) >= 11 is 0. The van der Waals surface area contributed by atoms with E-state index in [2.05, 4.69) is 4.99 Å². The molecule has 0 aliphatic rings. The van der Waals surface area contributed by atoms with Crippen LogP contribution in [0.4, 0.5) is 0 Å². The van der Waals surface area contributed by atoms with Gasteiger partial charge in [0.15, 0.2) is 0 Å². The number of aliphatic imine (C=N–C) groups is 1. The molecule has 0 bridgehead atoms.